The lowest BCUT2D eigenvalue weighted by Gasteiger charge is -2.11. The zero-order chi connectivity index (χ0) is 14.5. The molecule has 1 aromatic carbocycles. The third kappa shape index (κ3) is 4.17. The van der Waals surface area contributed by atoms with Crippen LogP contribution in [-0.2, 0) is 15.7 Å². The molecule has 0 bridgehead atoms. The molecule has 0 fully saturated rings. The van der Waals surface area contributed by atoms with Gasteiger partial charge in [0.2, 0.25) is 0 Å². The molecule has 0 saturated heterocycles. The number of anilines is 1. The number of alkyl halides is 3. The Kier molecular flexibility index (Phi) is 4.75. The molecule has 0 aliphatic heterocycles. The Morgan fingerprint density at radius 1 is 1.47 bits per heavy atom. The van der Waals surface area contributed by atoms with Crippen molar-refractivity contribution in [1.29, 1.82) is 5.26 Å². The van der Waals surface area contributed by atoms with Crippen LogP contribution in [0.4, 0.5) is 18.9 Å². The summed E-state index contributed by atoms with van der Waals surface area (Å²) >= 11 is 0. The van der Waals surface area contributed by atoms with Gasteiger partial charge in [0.25, 0.3) is 0 Å². The minimum Gasteiger partial charge on any atom is -0.469 e. The van der Waals surface area contributed by atoms with Gasteiger partial charge in [0.05, 0.1) is 30.7 Å². The van der Waals surface area contributed by atoms with Gasteiger partial charge in [-0.3, -0.25) is 4.79 Å². The maximum Gasteiger partial charge on any atom is 0.417 e. The van der Waals surface area contributed by atoms with E-state index in [-0.39, 0.29) is 13.0 Å². The van der Waals surface area contributed by atoms with Crippen molar-refractivity contribution in [2.75, 3.05) is 19.0 Å². The van der Waals surface area contributed by atoms with Gasteiger partial charge in [-0.1, -0.05) is 0 Å². The van der Waals surface area contributed by atoms with E-state index < -0.39 is 23.3 Å². The molecule has 0 heterocycles. The van der Waals surface area contributed by atoms with E-state index in [4.69, 9.17) is 5.26 Å². The van der Waals surface area contributed by atoms with Crippen molar-refractivity contribution in [3.8, 4) is 6.07 Å². The average Bonchev–Trinajstić information content (AvgIpc) is 2.37. The Hall–Kier alpha value is -2.23. The van der Waals surface area contributed by atoms with E-state index in [0.29, 0.717) is 5.69 Å². The van der Waals surface area contributed by atoms with Gasteiger partial charge in [-0.05, 0) is 18.2 Å². The molecule has 0 aliphatic carbocycles. The van der Waals surface area contributed by atoms with Crippen LogP contribution in [0.15, 0.2) is 18.2 Å². The normalized spacial score (nSPS) is 10.7. The van der Waals surface area contributed by atoms with Gasteiger partial charge in [0.15, 0.2) is 0 Å². The number of carbonyl (C=O) groups is 1. The second-order valence-corrected chi connectivity index (χ2v) is 3.62. The summed E-state index contributed by atoms with van der Waals surface area (Å²) in [5.74, 6) is -0.431. The van der Waals surface area contributed by atoms with Crippen LogP contribution in [0.3, 0.4) is 0 Å². The van der Waals surface area contributed by atoms with Crippen LogP contribution in [0.1, 0.15) is 17.5 Å². The van der Waals surface area contributed by atoms with Gasteiger partial charge in [-0.15, -0.1) is 0 Å². The minimum absolute atomic E-state index is 0.0827. The summed E-state index contributed by atoms with van der Waals surface area (Å²) in [5, 5.41) is 11.4. The lowest BCUT2D eigenvalue weighted by Crippen LogP contribution is -2.11. The van der Waals surface area contributed by atoms with Crippen molar-refractivity contribution >= 4 is 11.7 Å². The number of carbonyl (C=O) groups excluding carboxylic acids is 1. The lowest BCUT2D eigenvalue weighted by atomic mass is 10.1. The molecule has 1 aromatic rings. The molecule has 0 aliphatic rings. The highest BCUT2D eigenvalue weighted by Crippen LogP contribution is 2.32. The largest absolute Gasteiger partial charge is 0.469 e. The first-order chi connectivity index (χ1) is 8.88. The molecule has 0 atom stereocenters. The Balaban J connectivity index is 2.79. The molecule has 102 valence electrons. The first-order valence-corrected chi connectivity index (χ1v) is 5.30. The maximum absolute atomic E-state index is 12.5. The monoisotopic (exact) mass is 272 g/mol. The molecule has 0 aromatic heterocycles. The van der Waals surface area contributed by atoms with E-state index in [1.165, 1.54) is 19.2 Å². The first kappa shape index (κ1) is 14.8. The summed E-state index contributed by atoms with van der Waals surface area (Å²) in [5.41, 5.74) is -1.10. The SMILES string of the molecule is COC(=O)CCNc1ccc(C(F)(F)F)c(C#N)c1. The van der Waals surface area contributed by atoms with Crippen LogP contribution in [0.2, 0.25) is 0 Å². The zero-order valence-corrected chi connectivity index (χ0v) is 10.0. The highest BCUT2D eigenvalue weighted by molar-refractivity contribution is 5.70. The van der Waals surface area contributed by atoms with Gasteiger partial charge in [0.1, 0.15) is 0 Å². The summed E-state index contributed by atoms with van der Waals surface area (Å²) in [7, 11) is 1.24. The highest BCUT2D eigenvalue weighted by atomic mass is 19.4. The number of rotatable bonds is 4. The minimum atomic E-state index is -4.56. The number of hydrogen-bond donors (Lipinski definition) is 1. The Morgan fingerprint density at radius 2 is 2.16 bits per heavy atom. The summed E-state index contributed by atoms with van der Waals surface area (Å²) < 4.78 is 42.0. The predicted molar refractivity (Wildman–Crippen MR) is 61.3 cm³/mol. The second-order valence-electron chi connectivity index (χ2n) is 3.62. The molecule has 19 heavy (non-hydrogen) atoms. The standard InChI is InChI=1S/C12H11F3N2O2/c1-19-11(18)4-5-17-9-2-3-10(12(13,14)15)8(6-9)7-16/h2-3,6,17H,4-5H2,1H3. The van der Waals surface area contributed by atoms with Crippen LogP contribution in [0, 0.1) is 11.3 Å². The fourth-order valence-electron chi connectivity index (χ4n) is 1.40. The predicted octanol–water partition coefficient (Wildman–Crippen LogP) is 2.55. The smallest absolute Gasteiger partial charge is 0.417 e. The summed E-state index contributed by atoms with van der Waals surface area (Å²) in [6, 6.07) is 4.64. The van der Waals surface area contributed by atoms with E-state index in [2.05, 4.69) is 10.1 Å². The van der Waals surface area contributed by atoms with Crippen LogP contribution < -0.4 is 5.32 Å². The van der Waals surface area contributed by atoms with Crippen LogP contribution in [-0.4, -0.2) is 19.6 Å². The molecule has 7 heteroatoms. The van der Waals surface area contributed by atoms with Crippen LogP contribution in [0.25, 0.3) is 0 Å². The molecule has 4 nitrogen and oxygen atoms in total. The van der Waals surface area contributed by atoms with Gasteiger partial charge in [-0.2, -0.15) is 18.4 Å². The molecule has 0 amide bonds. The number of nitrogens with one attached hydrogen (secondary N) is 1. The molecular weight excluding hydrogens is 261 g/mol. The zero-order valence-electron chi connectivity index (χ0n) is 10.0. The van der Waals surface area contributed by atoms with Crippen molar-refractivity contribution in [3.63, 3.8) is 0 Å². The quantitative estimate of drug-likeness (QED) is 0.856. The molecule has 0 radical (unpaired) electrons. The third-order valence-electron chi connectivity index (χ3n) is 2.33. The van der Waals surface area contributed by atoms with E-state index >= 15 is 0 Å². The van der Waals surface area contributed by atoms with Crippen molar-refractivity contribution < 1.29 is 22.7 Å². The van der Waals surface area contributed by atoms with E-state index in [1.807, 2.05) is 0 Å². The fourth-order valence-corrected chi connectivity index (χ4v) is 1.40. The van der Waals surface area contributed by atoms with Gasteiger partial charge in [0, 0.05) is 12.2 Å². The summed E-state index contributed by atoms with van der Waals surface area (Å²) in [6.45, 7) is 0.211. The number of benzene rings is 1. The van der Waals surface area contributed by atoms with Crippen LogP contribution in [0.5, 0.6) is 0 Å². The van der Waals surface area contributed by atoms with Crippen molar-refractivity contribution in [2.24, 2.45) is 0 Å². The summed E-state index contributed by atoms with van der Waals surface area (Å²) in [6.07, 6.45) is -4.48. The first-order valence-electron chi connectivity index (χ1n) is 5.30. The van der Waals surface area contributed by atoms with Gasteiger partial charge >= 0.3 is 12.1 Å². The number of methoxy groups -OCH3 is 1. The Labute approximate surface area is 107 Å². The molecule has 0 saturated carbocycles. The Morgan fingerprint density at radius 3 is 2.68 bits per heavy atom. The molecule has 0 spiro atoms. The highest BCUT2D eigenvalue weighted by Gasteiger charge is 2.33. The van der Waals surface area contributed by atoms with Crippen molar-refractivity contribution in [1.82, 2.24) is 0 Å². The number of halogens is 3. The number of nitrogens with zero attached hydrogens (tertiary/aromatic N) is 1. The Bertz CT molecular complexity index is 507. The van der Waals surface area contributed by atoms with Gasteiger partial charge < -0.3 is 10.1 Å². The number of nitriles is 1. The van der Waals surface area contributed by atoms with E-state index in [9.17, 15) is 18.0 Å². The number of hydrogen-bond acceptors (Lipinski definition) is 4. The fraction of sp³-hybridized carbons (Fsp3) is 0.333. The maximum atomic E-state index is 12.5. The van der Waals surface area contributed by atoms with E-state index in [1.54, 1.807) is 0 Å². The van der Waals surface area contributed by atoms with Crippen molar-refractivity contribution in [3.05, 3.63) is 29.3 Å². The lowest BCUT2D eigenvalue weighted by molar-refractivity contribution is -0.140. The molecule has 0 unspecified atom stereocenters. The van der Waals surface area contributed by atoms with Crippen LogP contribution >= 0.6 is 0 Å². The van der Waals surface area contributed by atoms with Gasteiger partial charge in [-0.25, -0.2) is 0 Å². The van der Waals surface area contributed by atoms with Crippen molar-refractivity contribution in [2.45, 2.75) is 12.6 Å². The average molecular weight is 272 g/mol. The molecule has 1 rings (SSSR count). The summed E-state index contributed by atoms with van der Waals surface area (Å²) in [4.78, 5) is 10.8. The third-order valence-corrected chi connectivity index (χ3v) is 2.33. The molecular formula is C12H11F3N2O2. The number of ether oxygens (including phenoxy) is 1. The number of esters is 1. The molecule has 1 N–H and O–H groups in total. The second kappa shape index (κ2) is 6.09. The topological polar surface area (TPSA) is 62.1 Å². The van der Waals surface area contributed by atoms with E-state index in [0.717, 1.165) is 12.1 Å².